The zero-order valence-electron chi connectivity index (χ0n) is 13.4. The number of tetrazole rings is 1. The fraction of sp³-hybridized carbons (Fsp3) is 0.125. The van der Waals surface area contributed by atoms with Crippen molar-refractivity contribution in [3.8, 4) is 17.1 Å². The second-order valence-corrected chi connectivity index (χ2v) is 5.15. The van der Waals surface area contributed by atoms with Crippen molar-refractivity contribution in [1.29, 1.82) is 0 Å². The van der Waals surface area contributed by atoms with Crippen molar-refractivity contribution in [2.75, 3.05) is 12.4 Å². The maximum atomic E-state index is 13.6. The topological polar surface area (TPSA) is 81.9 Å². The van der Waals surface area contributed by atoms with Crippen LogP contribution in [0.25, 0.3) is 11.4 Å². The number of amides is 1. The maximum Gasteiger partial charge on any atom is 0.248 e. The normalized spacial score (nSPS) is 10.6. The van der Waals surface area contributed by atoms with Crippen molar-refractivity contribution in [2.45, 2.75) is 6.54 Å². The molecular weight excluding hydrogens is 351 g/mol. The zero-order chi connectivity index (χ0) is 18.7. The molecule has 1 N–H and O–H groups in total. The molecule has 0 radical (unpaired) electrons. The highest BCUT2D eigenvalue weighted by Gasteiger charge is 2.16. The molecule has 7 nitrogen and oxygen atoms in total. The second-order valence-electron chi connectivity index (χ2n) is 5.15. The predicted molar refractivity (Wildman–Crippen MR) is 84.8 cm³/mol. The van der Waals surface area contributed by atoms with E-state index in [4.69, 9.17) is 4.74 Å². The summed E-state index contributed by atoms with van der Waals surface area (Å²) in [5.41, 5.74) is 0.143. The lowest BCUT2D eigenvalue weighted by Crippen LogP contribution is -2.21. The Morgan fingerprint density at radius 2 is 2.00 bits per heavy atom. The van der Waals surface area contributed by atoms with Crippen molar-refractivity contribution < 1.29 is 22.7 Å². The van der Waals surface area contributed by atoms with Crippen LogP contribution in [0.1, 0.15) is 0 Å². The number of hydrogen-bond acceptors (Lipinski definition) is 5. The van der Waals surface area contributed by atoms with Crippen LogP contribution in [0.15, 0.2) is 36.4 Å². The molecule has 2 aromatic carbocycles. The molecule has 0 fully saturated rings. The Kier molecular flexibility index (Phi) is 4.83. The van der Waals surface area contributed by atoms with E-state index in [1.165, 1.54) is 7.11 Å². The number of nitrogens with zero attached hydrogens (tertiary/aromatic N) is 4. The molecule has 10 heteroatoms. The maximum absolute atomic E-state index is 13.6. The van der Waals surface area contributed by atoms with Crippen molar-refractivity contribution in [2.24, 2.45) is 0 Å². The van der Waals surface area contributed by atoms with E-state index in [0.29, 0.717) is 17.4 Å². The standard InChI is InChI=1S/C16H12F3N5O2/c1-26-10-4-2-3-9(7-10)16-21-23-24(22-16)8-13(25)20-12-6-5-11(17)14(18)15(12)19/h2-7H,8H2,1H3,(H,20,25). The second kappa shape index (κ2) is 7.21. The predicted octanol–water partition coefficient (Wildman–Crippen LogP) is 2.40. The SMILES string of the molecule is COc1cccc(-c2nnn(CC(=O)Nc3ccc(F)c(F)c3F)n2)c1. The van der Waals surface area contributed by atoms with E-state index >= 15 is 0 Å². The number of methoxy groups -OCH3 is 1. The summed E-state index contributed by atoms with van der Waals surface area (Å²) in [6, 6.07) is 8.55. The average molecular weight is 363 g/mol. The molecule has 0 atom stereocenters. The van der Waals surface area contributed by atoms with E-state index in [1.807, 2.05) is 0 Å². The Morgan fingerprint density at radius 1 is 1.19 bits per heavy atom. The number of nitrogens with one attached hydrogen (secondary N) is 1. The Hall–Kier alpha value is -3.43. The molecular formula is C16H12F3N5O2. The van der Waals surface area contributed by atoms with Crippen LogP contribution in [-0.2, 0) is 11.3 Å². The van der Waals surface area contributed by atoms with Gasteiger partial charge in [-0.3, -0.25) is 4.79 Å². The van der Waals surface area contributed by atoms with Crippen LogP contribution < -0.4 is 10.1 Å². The van der Waals surface area contributed by atoms with Crippen molar-refractivity contribution in [3.63, 3.8) is 0 Å². The van der Waals surface area contributed by atoms with Crippen LogP contribution in [0, 0.1) is 17.5 Å². The number of anilines is 1. The van der Waals surface area contributed by atoms with Crippen LogP contribution in [0.3, 0.4) is 0 Å². The third-order valence-corrected chi connectivity index (χ3v) is 3.38. The first-order chi connectivity index (χ1) is 12.5. The zero-order valence-corrected chi connectivity index (χ0v) is 13.4. The number of carbonyl (C=O) groups excluding carboxylic acids is 1. The lowest BCUT2D eigenvalue weighted by Gasteiger charge is -2.06. The molecule has 0 aliphatic rings. The Balaban J connectivity index is 1.71. The van der Waals surface area contributed by atoms with E-state index in [2.05, 4.69) is 20.7 Å². The lowest BCUT2D eigenvalue weighted by molar-refractivity contribution is -0.117. The van der Waals surface area contributed by atoms with E-state index in [0.717, 1.165) is 10.9 Å². The van der Waals surface area contributed by atoms with Gasteiger partial charge in [-0.1, -0.05) is 12.1 Å². The molecule has 0 bridgehead atoms. The third kappa shape index (κ3) is 3.63. The number of ether oxygens (including phenoxy) is 1. The van der Waals surface area contributed by atoms with Crippen molar-refractivity contribution >= 4 is 11.6 Å². The minimum absolute atomic E-state index is 0.260. The molecule has 1 aromatic heterocycles. The Morgan fingerprint density at radius 3 is 2.77 bits per heavy atom. The third-order valence-electron chi connectivity index (χ3n) is 3.38. The molecule has 0 spiro atoms. The number of halogens is 3. The van der Waals surface area contributed by atoms with Gasteiger partial charge in [0.05, 0.1) is 12.8 Å². The molecule has 0 aliphatic carbocycles. The monoisotopic (exact) mass is 363 g/mol. The summed E-state index contributed by atoms with van der Waals surface area (Å²) in [5, 5.41) is 13.7. The van der Waals surface area contributed by atoms with E-state index in [1.54, 1.807) is 24.3 Å². The summed E-state index contributed by atoms with van der Waals surface area (Å²) >= 11 is 0. The largest absolute Gasteiger partial charge is 0.497 e. The highest BCUT2D eigenvalue weighted by atomic mass is 19.2. The van der Waals surface area contributed by atoms with Gasteiger partial charge < -0.3 is 10.1 Å². The number of hydrogen-bond donors (Lipinski definition) is 1. The van der Waals surface area contributed by atoms with E-state index in [9.17, 15) is 18.0 Å². The fourth-order valence-corrected chi connectivity index (χ4v) is 2.13. The lowest BCUT2D eigenvalue weighted by atomic mass is 10.2. The molecule has 134 valence electrons. The van der Waals surface area contributed by atoms with Crippen LogP contribution in [0.5, 0.6) is 5.75 Å². The van der Waals surface area contributed by atoms with E-state index in [-0.39, 0.29) is 5.82 Å². The summed E-state index contributed by atoms with van der Waals surface area (Å²) in [6.45, 7) is -0.393. The van der Waals surface area contributed by atoms with Gasteiger partial charge in [0.25, 0.3) is 0 Å². The molecule has 26 heavy (non-hydrogen) atoms. The quantitative estimate of drug-likeness (QED) is 0.704. The summed E-state index contributed by atoms with van der Waals surface area (Å²) in [6.07, 6.45) is 0. The summed E-state index contributed by atoms with van der Waals surface area (Å²) in [7, 11) is 1.52. The van der Waals surface area contributed by atoms with Gasteiger partial charge in [-0.25, -0.2) is 13.2 Å². The Bertz CT molecular complexity index is 961. The van der Waals surface area contributed by atoms with Crippen molar-refractivity contribution in [1.82, 2.24) is 20.2 Å². The van der Waals surface area contributed by atoms with Crippen molar-refractivity contribution in [3.05, 3.63) is 53.8 Å². The van der Waals surface area contributed by atoms with Gasteiger partial charge in [-0.15, -0.1) is 10.2 Å². The molecule has 0 aliphatic heterocycles. The first kappa shape index (κ1) is 17.4. The molecule has 0 saturated heterocycles. The van der Waals surface area contributed by atoms with Crippen LogP contribution >= 0.6 is 0 Å². The molecule has 3 rings (SSSR count). The number of benzene rings is 2. The van der Waals surface area contributed by atoms with Crippen LogP contribution in [-0.4, -0.2) is 33.2 Å². The highest BCUT2D eigenvalue weighted by molar-refractivity contribution is 5.90. The molecule has 1 amide bonds. The minimum Gasteiger partial charge on any atom is -0.497 e. The first-order valence-corrected chi connectivity index (χ1v) is 7.33. The smallest absolute Gasteiger partial charge is 0.248 e. The first-order valence-electron chi connectivity index (χ1n) is 7.33. The minimum atomic E-state index is -1.66. The number of aromatic nitrogens is 4. The van der Waals surface area contributed by atoms with Gasteiger partial charge in [-0.05, 0) is 29.5 Å². The highest BCUT2D eigenvalue weighted by Crippen LogP contribution is 2.21. The van der Waals surface area contributed by atoms with Crippen LogP contribution in [0.2, 0.25) is 0 Å². The number of rotatable bonds is 5. The summed E-state index contributed by atoms with van der Waals surface area (Å²) in [4.78, 5) is 12.9. The average Bonchev–Trinajstić information content (AvgIpc) is 3.10. The molecule has 0 unspecified atom stereocenters. The van der Waals surface area contributed by atoms with Crippen LogP contribution in [0.4, 0.5) is 18.9 Å². The fourth-order valence-electron chi connectivity index (χ4n) is 2.13. The van der Waals surface area contributed by atoms with E-state index < -0.39 is 35.6 Å². The molecule has 3 aromatic rings. The van der Waals surface area contributed by atoms with Gasteiger partial charge in [0.15, 0.2) is 17.5 Å². The van der Waals surface area contributed by atoms with Gasteiger partial charge in [0, 0.05) is 5.56 Å². The molecule has 0 saturated carbocycles. The Labute approximate surface area is 145 Å². The van der Waals surface area contributed by atoms with Gasteiger partial charge >= 0.3 is 0 Å². The summed E-state index contributed by atoms with van der Waals surface area (Å²) in [5.74, 6) is -4.36. The van der Waals surface area contributed by atoms with Gasteiger partial charge in [0.2, 0.25) is 11.7 Å². The van der Waals surface area contributed by atoms with Gasteiger partial charge in [-0.2, -0.15) is 4.80 Å². The molecule has 1 heterocycles. The number of carbonyl (C=O) groups is 1. The summed E-state index contributed by atoms with van der Waals surface area (Å²) < 4.78 is 44.7. The van der Waals surface area contributed by atoms with Gasteiger partial charge in [0.1, 0.15) is 12.3 Å².